The fourth-order valence-corrected chi connectivity index (χ4v) is 3.12. The van der Waals surface area contributed by atoms with Gasteiger partial charge in [0.15, 0.2) is 18.1 Å². The Morgan fingerprint density at radius 1 is 1.00 bits per heavy atom. The zero-order chi connectivity index (χ0) is 18.6. The molecule has 2 aliphatic heterocycles. The fraction of sp³-hybridized carbons (Fsp3) is 0.300. The molecule has 0 atom stereocenters. The molecule has 7 heteroatoms. The van der Waals surface area contributed by atoms with Crippen LogP contribution in [0.5, 0.6) is 17.2 Å². The minimum absolute atomic E-state index is 0.0274. The highest BCUT2D eigenvalue weighted by Gasteiger charge is 2.26. The third-order valence-electron chi connectivity index (χ3n) is 4.45. The second-order valence-corrected chi connectivity index (χ2v) is 6.31. The minimum Gasteiger partial charge on any atom is -0.486 e. The molecule has 7 nitrogen and oxygen atoms in total. The van der Waals surface area contributed by atoms with E-state index in [0.717, 1.165) is 17.1 Å². The number of hydrogen-bond acceptors (Lipinski definition) is 5. The van der Waals surface area contributed by atoms with Crippen LogP contribution in [-0.4, -0.2) is 44.7 Å². The molecule has 0 bridgehead atoms. The van der Waals surface area contributed by atoms with Gasteiger partial charge in [-0.1, -0.05) is 18.2 Å². The monoisotopic (exact) mass is 368 g/mol. The topological polar surface area (TPSA) is 77.1 Å². The summed E-state index contributed by atoms with van der Waals surface area (Å²) >= 11 is 0. The lowest BCUT2D eigenvalue weighted by atomic mass is 10.1. The Kier molecular flexibility index (Phi) is 4.82. The van der Waals surface area contributed by atoms with E-state index in [9.17, 15) is 9.59 Å². The predicted molar refractivity (Wildman–Crippen MR) is 98.4 cm³/mol. The molecule has 1 N–H and O–H groups in total. The Morgan fingerprint density at radius 3 is 2.70 bits per heavy atom. The molecule has 27 heavy (non-hydrogen) atoms. The summed E-state index contributed by atoms with van der Waals surface area (Å²) in [6, 6.07) is 13.0. The summed E-state index contributed by atoms with van der Waals surface area (Å²) in [5, 5.41) is 2.86. The molecule has 0 aromatic heterocycles. The number of benzene rings is 2. The molecule has 0 aliphatic carbocycles. The summed E-state index contributed by atoms with van der Waals surface area (Å²) in [5.74, 6) is 1.66. The molecule has 2 aliphatic rings. The average molecular weight is 368 g/mol. The van der Waals surface area contributed by atoms with Crippen LogP contribution in [0.1, 0.15) is 5.56 Å². The summed E-state index contributed by atoms with van der Waals surface area (Å²) in [6.07, 6.45) is 0.663. The fourth-order valence-electron chi connectivity index (χ4n) is 3.12. The summed E-state index contributed by atoms with van der Waals surface area (Å²) in [5.41, 5.74) is 1.67. The Labute approximate surface area is 156 Å². The number of amides is 2. The van der Waals surface area contributed by atoms with E-state index in [4.69, 9.17) is 14.2 Å². The van der Waals surface area contributed by atoms with Crippen molar-refractivity contribution in [2.24, 2.45) is 0 Å². The number of carbonyl (C=O) groups excluding carboxylic acids is 2. The van der Waals surface area contributed by atoms with Crippen LogP contribution < -0.4 is 24.4 Å². The van der Waals surface area contributed by atoms with E-state index >= 15 is 0 Å². The molecule has 4 rings (SSSR count). The highest BCUT2D eigenvalue weighted by atomic mass is 16.6. The number of carbonyl (C=O) groups is 2. The molecule has 2 amide bonds. The summed E-state index contributed by atoms with van der Waals surface area (Å²) in [4.78, 5) is 25.9. The van der Waals surface area contributed by atoms with Crippen molar-refractivity contribution in [1.82, 2.24) is 5.32 Å². The van der Waals surface area contributed by atoms with Gasteiger partial charge in [0.2, 0.25) is 5.91 Å². The van der Waals surface area contributed by atoms with Gasteiger partial charge in [0.1, 0.15) is 25.5 Å². The van der Waals surface area contributed by atoms with Crippen molar-refractivity contribution in [3.05, 3.63) is 48.0 Å². The van der Waals surface area contributed by atoms with Crippen LogP contribution in [0.2, 0.25) is 0 Å². The Bertz CT molecular complexity index is 867. The first-order valence-corrected chi connectivity index (χ1v) is 8.88. The van der Waals surface area contributed by atoms with Gasteiger partial charge < -0.3 is 19.5 Å². The number of hydrogen-bond donors (Lipinski definition) is 1. The van der Waals surface area contributed by atoms with Gasteiger partial charge in [-0.15, -0.1) is 0 Å². The number of anilines is 1. The van der Waals surface area contributed by atoms with Gasteiger partial charge in [0, 0.05) is 6.54 Å². The van der Waals surface area contributed by atoms with E-state index in [-0.39, 0.29) is 25.0 Å². The lowest BCUT2D eigenvalue weighted by molar-refractivity contribution is -0.125. The van der Waals surface area contributed by atoms with Crippen molar-refractivity contribution in [3.8, 4) is 17.2 Å². The van der Waals surface area contributed by atoms with Crippen LogP contribution in [-0.2, 0) is 16.0 Å². The quantitative estimate of drug-likeness (QED) is 0.866. The number of nitrogens with one attached hydrogen (secondary N) is 1. The number of para-hydroxylation sites is 2. The molecule has 0 saturated carbocycles. The van der Waals surface area contributed by atoms with E-state index in [1.54, 1.807) is 12.1 Å². The molecule has 0 saturated heterocycles. The number of rotatable bonds is 5. The number of nitrogens with zero attached hydrogens (tertiary/aromatic N) is 1. The van der Waals surface area contributed by atoms with E-state index in [1.165, 1.54) is 4.90 Å². The van der Waals surface area contributed by atoms with Crippen LogP contribution in [0.3, 0.4) is 0 Å². The van der Waals surface area contributed by atoms with E-state index in [2.05, 4.69) is 5.32 Å². The lowest BCUT2D eigenvalue weighted by Gasteiger charge is -2.28. The molecular formula is C20H20N2O5. The molecule has 2 heterocycles. The first-order valence-electron chi connectivity index (χ1n) is 8.88. The molecule has 0 spiro atoms. The van der Waals surface area contributed by atoms with Crippen molar-refractivity contribution in [3.63, 3.8) is 0 Å². The summed E-state index contributed by atoms with van der Waals surface area (Å²) < 4.78 is 16.5. The SMILES string of the molecule is O=C(CN1C(=O)COc2ccccc21)NCCc1ccc2c(c1)OCCO2. The summed E-state index contributed by atoms with van der Waals surface area (Å²) in [7, 11) is 0. The van der Waals surface area contributed by atoms with E-state index in [0.29, 0.717) is 37.6 Å². The van der Waals surface area contributed by atoms with Crippen molar-refractivity contribution in [2.45, 2.75) is 6.42 Å². The molecular weight excluding hydrogens is 348 g/mol. The maximum Gasteiger partial charge on any atom is 0.265 e. The average Bonchev–Trinajstić information content (AvgIpc) is 2.70. The standard InChI is InChI=1S/C20H20N2O5/c23-19(12-22-15-3-1-2-4-16(15)27-13-20(22)24)21-8-7-14-5-6-17-18(11-14)26-10-9-25-17/h1-6,11H,7-10,12-13H2,(H,21,23). The van der Waals surface area contributed by atoms with Crippen LogP contribution in [0, 0.1) is 0 Å². The van der Waals surface area contributed by atoms with Crippen molar-refractivity contribution >= 4 is 17.5 Å². The normalized spacial score (nSPS) is 15.0. The first-order chi connectivity index (χ1) is 13.2. The maximum absolute atomic E-state index is 12.3. The van der Waals surface area contributed by atoms with Crippen LogP contribution >= 0.6 is 0 Å². The second kappa shape index (κ2) is 7.57. The van der Waals surface area contributed by atoms with E-state index in [1.807, 2.05) is 30.3 Å². The molecule has 2 aromatic rings. The third-order valence-corrected chi connectivity index (χ3v) is 4.45. The van der Waals surface area contributed by atoms with Crippen LogP contribution in [0.4, 0.5) is 5.69 Å². The Morgan fingerprint density at radius 2 is 1.81 bits per heavy atom. The van der Waals surface area contributed by atoms with Crippen molar-refractivity contribution in [1.29, 1.82) is 0 Å². The highest BCUT2D eigenvalue weighted by molar-refractivity contribution is 6.02. The van der Waals surface area contributed by atoms with Gasteiger partial charge in [0.25, 0.3) is 5.91 Å². The van der Waals surface area contributed by atoms with Gasteiger partial charge in [-0.3, -0.25) is 14.5 Å². The number of fused-ring (bicyclic) bond motifs is 2. The zero-order valence-electron chi connectivity index (χ0n) is 14.8. The lowest BCUT2D eigenvalue weighted by Crippen LogP contribution is -2.45. The van der Waals surface area contributed by atoms with Gasteiger partial charge >= 0.3 is 0 Å². The zero-order valence-corrected chi connectivity index (χ0v) is 14.8. The minimum atomic E-state index is -0.226. The van der Waals surface area contributed by atoms with Crippen molar-refractivity contribution in [2.75, 3.05) is 37.8 Å². The first kappa shape index (κ1) is 17.2. The Hall–Kier alpha value is -3.22. The van der Waals surface area contributed by atoms with Crippen LogP contribution in [0.25, 0.3) is 0 Å². The third kappa shape index (κ3) is 3.81. The van der Waals surface area contributed by atoms with Gasteiger partial charge in [0.05, 0.1) is 5.69 Å². The largest absolute Gasteiger partial charge is 0.486 e. The predicted octanol–water partition coefficient (Wildman–Crippen LogP) is 1.54. The van der Waals surface area contributed by atoms with Crippen LogP contribution in [0.15, 0.2) is 42.5 Å². The Balaban J connectivity index is 1.32. The van der Waals surface area contributed by atoms with Crippen molar-refractivity contribution < 1.29 is 23.8 Å². The van der Waals surface area contributed by atoms with E-state index < -0.39 is 0 Å². The van der Waals surface area contributed by atoms with Gasteiger partial charge in [-0.25, -0.2) is 0 Å². The van der Waals surface area contributed by atoms with Gasteiger partial charge in [-0.2, -0.15) is 0 Å². The molecule has 2 aromatic carbocycles. The maximum atomic E-state index is 12.3. The molecule has 140 valence electrons. The molecule has 0 fully saturated rings. The number of ether oxygens (including phenoxy) is 3. The highest BCUT2D eigenvalue weighted by Crippen LogP contribution is 2.32. The molecule has 0 unspecified atom stereocenters. The summed E-state index contributed by atoms with van der Waals surface area (Å²) in [6.45, 7) is 1.49. The molecule has 0 radical (unpaired) electrons. The van der Waals surface area contributed by atoms with Gasteiger partial charge in [-0.05, 0) is 36.2 Å². The second-order valence-electron chi connectivity index (χ2n) is 6.31. The smallest absolute Gasteiger partial charge is 0.265 e.